The summed E-state index contributed by atoms with van der Waals surface area (Å²) in [4.78, 5) is 29.5. The standard InChI is InChI=1S/C27H26N4O3S/c1-17-7-8-24(34-3)23(15-17)31-13-9-22(29-31)26(32)28-21-6-4-5-20(18(21)2)27(33)30-12-10-25-19(16-30)11-14-35-25/h4-9,11,13-15H,10,12,16H2,1-3H3,(H,28,32). The molecule has 2 aromatic heterocycles. The first-order chi connectivity index (χ1) is 16.9. The van der Waals surface area contributed by atoms with E-state index in [1.165, 1.54) is 10.4 Å². The minimum Gasteiger partial charge on any atom is -0.494 e. The Morgan fingerprint density at radius 1 is 1.11 bits per heavy atom. The van der Waals surface area contributed by atoms with E-state index in [1.54, 1.807) is 47.5 Å². The molecule has 0 bridgehead atoms. The van der Waals surface area contributed by atoms with Gasteiger partial charge in [0.2, 0.25) is 0 Å². The van der Waals surface area contributed by atoms with Crippen molar-refractivity contribution in [3.8, 4) is 11.4 Å². The van der Waals surface area contributed by atoms with Crippen LogP contribution in [0, 0.1) is 13.8 Å². The quantitative estimate of drug-likeness (QED) is 0.430. The van der Waals surface area contributed by atoms with E-state index in [0.717, 1.165) is 23.2 Å². The Labute approximate surface area is 208 Å². The van der Waals surface area contributed by atoms with Crippen LogP contribution in [-0.4, -0.2) is 40.1 Å². The fourth-order valence-electron chi connectivity index (χ4n) is 4.34. The number of thiophene rings is 1. The van der Waals surface area contributed by atoms with Gasteiger partial charge in [-0.1, -0.05) is 12.1 Å². The van der Waals surface area contributed by atoms with E-state index in [9.17, 15) is 9.59 Å². The second-order valence-electron chi connectivity index (χ2n) is 8.60. The SMILES string of the molecule is COc1ccc(C)cc1-n1ccc(C(=O)Nc2cccc(C(=O)N3CCc4sccc4C3)c2C)n1. The zero-order valence-electron chi connectivity index (χ0n) is 19.9. The summed E-state index contributed by atoms with van der Waals surface area (Å²) < 4.78 is 7.07. The molecule has 0 fully saturated rings. The monoisotopic (exact) mass is 486 g/mol. The highest BCUT2D eigenvalue weighted by Crippen LogP contribution is 2.28. The molecule has 0 atom stereocenters. The Kier molecular flexibility index (Phi) is 6.13. The van der Waals surface area contributed by atoms with Gasteiger partial charge in [0.25, 0.3) is 11.8 Å². The third-order valence-electron chi connectivity index (χ3n) is 6.31. The number of nitrogens with one attached hydrogen (secondary N) is 1. The van der Waals surface area contributed by atoms with Crippen molar-refractivity contribution < 1.29 is 14.3 Å². The van der Waals surface area contributed by atoms with Crippen LogP contribution in [0.3, 0.4) is 0 Å². The molecule has 2 amide bonds. The highest BCUT2D eigenvalue weighted by molar-refractivity contribution is 7.10. The minimum atomic E-state index is -0.344. The second kappa shape index (κ2) is 9.38. The maximum absolute atomic E-state index is 13.3. The molecule has 178 valence electrons. The molecule has 4 aromatic rings. The maximum Gasteiger partial charge on any atom is 0.276 e. The number of anilines is 1. The van der Waals surface area contributed by atoms with Gasteiger partial charge in [-0.05, 0) is 78.7 Å². The van der Waals surface area contributed by atoms with Gasteiger partial charge in [-0.3, -0.25) is 9.59 Å². The average Bonchev–Trinajstić information content (AvgIpc) is 3.54. The van der Waals surface area contributed by atoms with Gasteiger partial charge < -0.3 is 15.0 Å². The van der Waals surface area contributed by atoms with E-state index in [0.29, 0.717) is 30.1 Å². The van der Waals surface area contributed by atoms with E-state index in [2.05, 4.69) is 21.9 Å². The predicted octanol–water partition coefficient (Wildman–Crippen LogP) is 5.01. The lowest BCUT2D eigenvalue weighted by molar-refractivity contribution is 0.0735. The van der Waals surface area contributed by atoms with Crippen LogP contribution in [0.2, 0.25) is 0 Å². The molecule has 1 aliphatic heterocycles. The highest BCUT2D eigenvalue weighted by Gasteiger charge is 2.24. The zero-order valence-corrected chi connectivity index (χ0v) is 20.7. The fourth-order valence-corrected chi connectivity index (χ4v) is 5.23. The summed E-state index contributed by atoms with van der Waals surface area (Å²) >= 11 is 1.75. The Bertz CT molecular complexity index is 1420. The summed E-state index contributed by atoms with van der Waals surface area (Å²) in [6, 6.07) is 15.0. The van der Waals surface area contributed by atoms with Crippen molar-refractivity contribution in [1.82, 2.24) is 14.7 Å². The van der Waals surface area contributed by atoms with Gasteiger partial charge in [-0.25, -0.2) is 4.68 Å². The zero-order chi connectivity index (χ0) is 24.5. The summed E-state index contributed by atoms with van der Waals surface area (Å²) in [6.45, 7) is 5.16. The van der Waals surface area contributed by atoms with Crippen LogP contribution in [0.5, 0.6) is 5.75 Å². The number of carbonyl (C=O) groups excluding carboxylic acids is 2. The van der Waals surface area contributed by atoms with Crippen LogP contribution < -0.4 is 10.1 Å². The Morgan fingerprint density at radius 3 is 2.80 bits per heavy atom. The fraction of sp³-hybridized carbons (Fsp3) is 0.222. The second-order valence-corrected chi connectivity index (χ2v) is 9.60. The number of carbonyl (C=O) groups is 2. The van der Waals surface area contributed by atoms with E-state index in [1.807, 2.05) is 43.0 Å². The molecular formula is C27H26N4O3S. The van der Waals surface area contributed by atoms with E-state index in [4.69, 9.17) is 4.74 Å². The molecule has 0 radical (unpaired) electrons. The number of nitrogens with zero attached hydrogens (tertiary/aromatic N) is 3. The minimum absolute atomic E-state index is 0.0220. The van der Waals surface area contributed by atoms with Crippen LogP contribution in [0.1, 0.15) is 42.4 Å². The number of ether oxygens (including phenoxy) is 1. The Hall–Kier alpha value is -3.91. The molecule has 7 nitrogen and oxygen atoms in total. The lowest BCUT2D eigenvalue weighted by Crippen LogP contribution is -2.35. The Balaban J connectivity index is 1.34. The molecule has 0 saturated carbocycles. The first-order valence-electron chi connectivity index (χ1n) is 11.4. The van der Waals surface area contributed by atoms with Crippen molar-refractivity contribution in [2.24, 2.45) is 0 Å². The largest absolute Gasteiger partial charge is 0.494 e. The normalized spacial score (nSPS) is 12.8. The number of rotatable bonds is 5. The van der Waals surface area contributed by atoms with Crippen molar-refractivity contribution in [2.75, 3.05) is 19.0 Å². The van der Waals surface area contributed by atoms with Crippen molar-refractivity contribution >= 4 is 28.8 Å². The van der Waals surface area contributed by atoms with Crippen molar-refractivity contribution in [3.05, 3.63) is 92.9 Å². The molecule has 2 aromatic carbocycles. The van der Waals surface area contributed by atoms with Crippen molar-refractivity contribution in [1.29, 1.82) is 0 Å². The first-order valence-corrected chi connectivity index (χ1v) is 12.3. The van der Waals surface area contributed by atoms with E-state index in [-0.39, 0.29) is 17.5 Å². The number of amides is 2. The summed E-state index contributed by atoms with van der Waals surface area (Å²) in [6.07, 6.45) is 2.61. The van der Waals surface area contributed by atoms with Crippen LogP contribution in [-0.2, 0) is 13.0 Å². The van der Waals surface area contributed by atoms with Crippen LogP contribution in [0.15, 0.2) is 60.1 Å². The van der Waals surface area contributed by atoms with E-state index < -0.39 is 0 Å². The smallest absolute Gasteiger partial charge is 0.276 e. The molecule has 3 heterocycles. The van der Waals surface area contributed by atoms with Crippen molar-refractivity contribution in [3.63, 3.8) is 0 Å². The number of fused-ring (bicyclic) bond motifs is 1. The van der Waals surface area contributed by atoms with Gasteiger partial charge in [0, 0.05) is 35.4 Å². The van der Waals surface area contributed by atoms with Gasteiger partial charge in [0.15, 0.2) is 5.69 Å². The number of hydrogen-bond acceptors (Lipinski definition) is 5. The number of hydrogen-bond donors (Lipinski definition) is 1. The maximum atomic E-state index is 13.3. The van der Waals surface area contributed by atoms with Gasteiger partial charge in [-0.2, -0.15) is 5.10 Å². The topological polar surface area (TPSA) is 76.5 Å². The molecule has 8 heteroatoms. The van der Waals surface area contributed by atoms with Gasteiger partial charge in [-0.15, -0.1) is 11.3 Å². The van der Waals surface area contributed by atoms with Gasteiger partial charge >= 0.3 is 0 Å². The summed E-state index contributed by atoms with van der Waals surface area (Å²) in [7, 11) is 1.60. The molecular weight excluding hydrogens is 460 g/mol. The highest BCUT2D eigenvalue weighted by atomic mass is 32.1. The third kappa shape index (κ3) is 4.44. The number of methoxy groups -OCH3 is 1. The molecule has 1 N–H and O–H groups in total. The predicted molar refractivity (Wildman–Crippen MR) is 137 cm³/mol. The molecule has 1 aliphatic rings. The summed E-state index contributed by atoms with van der Waals surface area (Å²) in [5.41, 5.74) is 5.23. The van der Waals surface area contributed by atoms with Gasteiger partial charge in [0.1, 0.15) is 11.4 Å². The molecule has 0 unspecified atom stereocenters. The molecule has 0 spiro atoms. The third-order valence-corrected chi connectivity index (χ3v) is 7.33. The lowest BCUT2D eigenvalue weighted by Gasteiger charge is -2.28. The molecule has 0 saturated heterocycles. The summed E-state index contributed by atoms with van der Waals surface area (Å²) in [5.74, 6) is 0.301. The number of benzene rings is 2. The molecule has 35 heavy (non-hydrogen) atoms. The van der Waals surface area contributed by atoms with E-state index >= 15 is 0 Å². The summed E-state index contributed by atoms with van der Waals surface area (Å²) in [5, 5.41) is 9.46. The lowest BCUT2D eigenvalue weighted by atomic mass is 10.0. The van der Waals surface area contributed by atoms with Crippen LogP contribution in [0.25, 0.3) is 5.69 Å². The van der Waals surface area contributed by atoms with Gasteiger partial charge in [0.05, 0.1) is 7.11 Å². The average molecular weight is 487 g/mol. The molecule has 5 rings (SSSR count). The number of aromatic nitrogens is 2. The molecule has 0 aliphatic carbocycles. The number of aryl methyl sites for hydroxylation is 1. The first kappa shape index (κ1) is 22.9. The van der Waals surface area contributed by atoms with Crippen LogP contribution in [0.4, 0.5) is 5.69 Å². The van der Waals surface area contributed by atoms with Crippen LogP contribution >= 0.6 is 11.3 Å². The Morgan fingerprint density at radius 2 is 1.97 bits per heavy atom. The van der Waals surface area contributed by atoms with Crippen molar-refractivity contribution in [2.45, 2.75) is 26.8 Å².